The van der Waals surface area contributed by atoms with E-state index in [0.29, 0.717) is 16.5 Å². The highest BCUT2D eigenvalue weighted by molar-refractivity contribution is 7.98. The lowest BCUT2D eigenvalue weighted by Gasteiger charge is -2.12. The number of hydrogen-bond acceptors (Lipinski definition) is 8. The number of carbonyl (C=O) groups is 1. The molecule has 0 saturated carbocycles. The lowest BCUT2D eigenvalue weighted by molar-refractivity contribution is 0.102. The van der Waals surface area contributed by atoms with Gasteiger partial charge in [-0.15, -0.1) is 5.10 Å². The topological polar surface area (TPSA) is 128 Å². The summed E-state index contributed by atoms with van der Waals surface area (Å²) in [5, 5.41) is 14.8. The van der Waals surface area contributed by atoms with Gasteiger partial charge >= 0.3 is 0 Å². The summed E-state index contributed by atoms with van der Waals surface area (Å²) in [6.07, 6.45) is 1.86. The van der Waals surface area contributed by atoms with E-state index in [4.69, 9.17) is 4.74 Å². The summed E-state index contributed by atoms with van der Waals surface area (Å²) < 4.78 is 33.3. The largest absolute Gasteiger partial charge is 0.495 e. The van der Waals surface area contributed by atoms with E-state index >= 15 is 0 Å². The van der Waals surface area contributed by atoms with E-state index in [2.05, 4.69) is 25.6 Å². The van der Waals surface area contributed by atoms with Crippen LogP contribution in [0, 0.1) is 0 Å². The summed E-state index contributed by atoms with van der Waals surface area (Å²) in [6, 6.07) is 11.2. The highest BCUT2D eigenvalue weighted by atomic mass is 32.2. The van der Waals surface area contributed by atoms with Crippen molar-refractivity contribution in [3.63, 3.8) is 0 Å². The fraction of sp³-hybridized carbons (Fsp3) is 0.176. The van der Waals surface area contributed by atoms with Crippen LogP contribution >= 0.6 is 11.8 Å². The third-order valence-electron chi connectivity index (χ3n) is 3.96. The number of nitrogens with one attached hydrogen (secondary N) is 2. The molecule has 0 unspecified atom stereocenters. The molecule has 0 saturated heterocycles. The lowest BCUT2D eigenvalue weighted by Crippen LogP contribution is -2.20. The van der Waals surface area contributed by atoms with Gasteiger partial charge in [-0.25, -0.2) is 13.1 Å². The summed E-state index contributed by atoms with van der Waals surface area (Å²) >= 11 is 1.39. The Balaban J connectivity index is 1.90. The van der Waals surface area contributed by atoms with Crippen molar-refractivity contribution in [3.8, 4) is 11.4 Å². The first-order valence-electron chi connectivity index (χ1n) is 8.25. The Bertz CT molecular complexity index is 1150. The predicted octanol–water partition coefficient (Wildman–Crippen LogP) is 1.55. The molecule has 1 heterocycles. The van der Waals surface area contributed by atoms with Crippen LogP contribution in [0.5, 0.6) is 5.75 Å². The first-order valence-corrected chi connectivity index (χ1v) is 11.0. The average molecular weight is 435 g/mol. The van der Waals surface area contributed by atoms with Gasteiger partial charge in [0.15, 0.2) is 0 Å². The number of rotatable bonds is 7. The molecule has 3 rings (SSSR count). The second kappa shape index (κ2) is 8.59. The number of benzene rings is 2. The number of ether oxygens (including phenoxy) is 1. The Morgan fingerprint density at radius 2 is 2.00 bits per heavy atom. The fourth-order valence-corrected chi connectivity index (χ4v) is 3.88. The van der Waals surface area contributed by atoms with Gasteiger partial charge in [0.25, 0.3) is 5.91 Å². The van der Waals surface area contributed by atoms with E-state index in [1.165, 1.54) is 44.1 Å². The van der Waals surface area contributed by atoms with Crippen LogP contribution in [0.15, 0.2) is 52.5 Å². The molecule has 10 nitrogen and oxygen atoms in total. The van der Waals surface area contributed by atoms with Crippen LogP contribution in [-0.2, 0) is 10.0 Å². The predicted molar refractivity (Wildman–Crippen MR) is 108 cm³/mol. The Morgan fingerprint density at radius 3 is 2.69 bits per heavy atom. The van der Waals surface area contributed by atoms with Gasteiger partial charge in [-0.1, -0.05) is 17.8 Å². The quantitative estimate of drug-likeness (QED) is 0.536. The molecule has 0 aliphatic heterocycles. The van der Waals surface area contributed by atoms with E-state index in [1.807, 2.05) is 6.26 Å². The highest BCUT2D eigenvalue weighted by Crippen LogP contribution is 2.25. The van der Waals surface area contributed by atoms with Crippen molar-refractivity contribution in [2.45, 2.75) is 10.1 Å². The van der Waals surface area contributed by atoms with Crippen LogP contribution in [0.2, 0.25) is 0 Å². The zero-order chi connectivity index (χ0) is 21.0. The second-order valence-electron chi connectivity index (χ2n) is 5.66. The molecule has 1 aromatic heterocycles. The molecule has 3 aromatic rings. The van der Waals surface area contributed by atoms with Crippen LogP contribution in [0.3, 0.4) is 0 Å². The average Bonchev–Trinajstić information content (AvgIpc) is 3.22. The van der Waals surface area contributed by atoms with Gasteiger partial charge in [-0.3, -0.25) is 4.79 Å². The third kappa shape index (κ3) is 4.39. The SMILES string of the molecule is CNS(=O)(=O)c1cc(C(=O)Nc2cccc(-n3nnnc3SC)c2)ccc1OC. The van der Waals surface area contributed by atoms with E-state index in [9.17, 15) is 13.2 Å². The maximum absolute atomic E-state index is 12.7. The van der Waals surface area contributed by atoms with Crippen molar-refractivity contribution < 1.29 is 17.9 Å². The molecular weight excluding hydrogens is 416 g/mol. The van der Waals surface area contributed by atoms with Crippen molar-refractivity contribution in [1.29, 1.82) is 0 Å². The minimum absolute atomic E-state index is 0.123. The number of tetrazole rings is 1. The number of anilines is 1. The van der Waals surface area contributed by atoms with E-state index in [0.717, 1.165) is 0 Å². The van der Waals surface area contributed by atoms with Gasteiger partial charge in [-0.05, 0) is 60.1 Å². The fourth-order valence-electron chi connectivity index (χ4n) is 2.52. The van der Waals surface area contributed by atoms with Crippen molar-refractivity contribution in [1.82, 2.24) is 24.9 Å². The van der Waals surface area contributed by atoms with Crippen LogP contribution in [0.4, 0.5) is 5.69 Å². The molecule has 0 radical (unpaired) electrons. The van der Waals surface area contributed by atoms with Gasteiger partial charge in [0.05, 0.1) is 12.8 Å². The Labute approximate surface area is 171 Å². The van der Waals surface area contributed by atoms with E-state index in [-0.39, 0.29) is 16.2 Å². The van der Waals surface area contributed by atoms with Crippen LogP contribution < -0.4 is 14.8 Å². The maximum Gasteiger partial charge on any atom is 0.255 e. The van der Waals surface area contributed by atoms with Gasteiger partial charge in [0, 0.05) is 11.3 Å². The highest BCUT2D eigenvalue weighted by Gasteiger charge is 2.20. The van der Waals surface area contributed by atoms with Gasteiger partial charge < -0.3 is 10.1 Å². The van der Waals surface area contributed by atoms with E-state index < -0.39 is 15.9 Å². The molecule has 29 heavy (non-hydrogen) atoms. The summed E-state index contributed by atoms with van der Waals surface area (Å²) in [4.78, 5) is 12.6. The molecule has 0 aliphatic rings. The minimum Gasteiger partial charge on any atom is -0.495 e. The number of thioether (sulfide) groups is 1. The summed E-state index contributed by atoms with van der Waals surface area (Å²) in [5.74, 6) is -0.333. The molecule has 2 N–H and O–H groups in total. The Kier molecular flexibility index (Phi) is 6.15. The molecule has 0 fully saturated rings. The minimum atomic E-state index is -3.80. The van der Waals surface area contributed by atoms with Gasteiger partial charge in [0.2, 0.25) is 15.2 Å². The Hall–Kier alpha value is -2.96. The number of sulfonamides is 1. The van der Waals surface area contributed by atoms with Crippen LogP contribution in [-0.4, -0.2) is 54.9 Å². The van der Waals surface area contributed by atoms with Crippen molar-refractivity contribution in [2.24, 2.45) is 0 Å². The monoisotopic (exact) mass is 434 g/mol. The summed E-state index contributed by atoms with van der Waals surface area (Å²) in [5.41, 5.74) is 1.34. The first-order chi connectivity index (χ1) is 13.9. The van der Waals surface area contributed by atoms with Crippen molar-refractivity contribution in [2.75, 3.05) is 25.7 Å². The zero-order valence-electron chi connectivity index (χ0n) is 15.8. The molecule has 12 heteroatoms. The molecule has 0 aliphatic carbocycles. The zero-order valence-corrected chi connectivity index (χ0v) is 17.4. The standard InChI is InChI=1S/C17H18N6O4S2/c1-18-29(25,26)15-9-11(7-8-14(15)27-2)16(24)19-12-5-4-6-13(10-12)23-17(28-3)20-21-22-23/h4-10,18H,1-3H3,(H,19,24). The van der Waals surface area contributed by atoms with Crippen molar-refractivity contribution in [3.05, 3.63) is 48.0 Å². The molecule has 152 valence electrons. The summed E-state index contributed by atoms with van der Waals surface area (Å²) in [6.45, 7) is 0. The number of methoxy groups -OCH3 is 1. The number of amides is 1. The van der Waals surface area contributed by atoms with Crippen LogP contribution in [0.1, 0.15) is 10.4 Å². The Morgan fingerprint density at radius 1 is 1.21 bits per heavy atom. The second-order valence-corrected chi connectivity index (χ2v) is 8.28. The normalized spacial score (nSPS) is 11.3. The smallest absolute Gasteiger partial charge is 0.255 e. The molecular formula is C17H18N6O4S2. The van der Waals surface area contributed by atoms with E-state index in [1.54, 1.807) is 28.9 Å². The first kappa shape index (κ1) is 20.8. The number of aromatic nitrogens is 4. The van der Waals surface area contributed by atoms with Crippen molar-refractivity contribution >= 4 is 33.4 Å². The molecule has 2 aromatic carbocycles. The molecule has 1 amide bonds. The number of carbonyl (C=O) groups excluding carboxylic acids is 1. The molecule has 0 spiro atoms. The van der Waals surface area contributed by atoms with Gasteiger partial charge in [-0.2, -0.15) is 4.68 Å². The number of hydrogen-bond donors (Lipinski definition) is 2. The third-order valence-corrected chi connectivity index (χ3v) is 6.01. The summed E-state index contributed by atoms with van der Waals surface area (Å²) in [7, 11) is -1.15. The van der Waals surface area contributed by atoms with Gasteiger partial charge in [0.1, 0.15) is 10.6 Å². The van der Waals surface area contributed by atoms with Crippen LogP contribution in [0.25, 0.3) is 5.69 Å². The maximum atomic E-state index is 12.7. The lowest BCUT2D eigenvalue weighted by atomic mass is 10.2. The molecule has 0 bridgehead atoms. The number of nitrogens with zero attached hydrogens (tertiary/aromatic N) is 4. The molecule has 0 atom stereocenters.